The van der Waals surface area contributed by atoms with Gasteiger partial charge in [-0.2, -0.15) is 0 Å². The molecule has 1 aliphatic rings. The summed E-state index contributed by atoms with van der Waals surface area (Å²) in [6.07, 6.45) is 0.723. The van der Waals surface area contributed by atoms with Gasteiger partial charge in [-0.25, -0.2) is 4.79 Å². The minimum atomic E-state index is -0.908. The molecule has 4 nitrogen and oxygen atoms in total. The lowest BCUT2D eigenvalue weighted by molar-refractivity contribution is -0.131. The molecular formula is C13H15NO3. The zero-order valence-electron chi connectivity index (χ0n) is 9.93. The van der Waals surface area contributed by atoms with E-state index < -0.39 is 5.97 Å². The van der Waals surface area contributed by atoms with E-state index in [-0.39, 0.29) is 11.9 Å². The van der Waals surface area contributed by atoms with Gasteiger partial charge < -0.3 is 10.0 Å². The largest absolute Gasteiger partial charge is 0.478 e. The topological polar surface area (TPSA) is 57.6 Å². The highest BCUT2D eigenvalue weighted by atomic mass is 16.4. The molecule has 4 heteroatoms. The number of benzene rings is 1. The molecule has 0 spiro atoms. The van der Waals surface area contributed by atoms with Crippen LogP contribution in [-0.2, 0) is 11.2 Å². The van der Waals surface area contributed by atoms with E-state index in [1.165, 1.54) is 0 Å². The van der Waals surface area contributed by atoms with Gasteiger partial charge in [-0.3, -0.25) is 4.79 Å². The van der Waals surface area contributed by atoms with Crippen LogP contribution in [0.1, 0.15) is 41.4 Å². The predicted molar refractivity (Wildman–Crippen MR) is 62.9 cm³/mol. The normalized spacial score (nSPS) is 18.7. The summed E-state index contributed by atoms with van der Waals surface area (Å²) in [5.41, 5.74) is 2.40. The Morgan fingerprint density at radius 3 is 2.71 bits per heavy atom. The molecule has 0 radical (unpaired) electrons. The van der Waals surface area contributed by atoms with Crippen LogP contribution in [-0.4, -0.2) is 28.4 Å². The first-order chi connectivity index (χ1) is 8.00. The average molecular weight is 233 g/mol. The van der Waals surface area contributed by atoms with E-state index in [9.17, 15) is 9.59 Å². The van der Waals surface area contributed by atoms with Gasteiger partial charge in [0.05, 0.1) is 11.6 Å². The predicted octanol–water partition coefficient (Wildman–Crippen LogP) is 1.85. The summed E-state index contributed by atoms with van der Waals surface area (Å²) in [7, 11) is 0. The second-order valence-corrected chi connectivity index (χ2v) is 4.36. The maximum Gasteiger partial charge on any atom is 0.335 e. The van der Waals surface area contributed by atoms with Crippen LogP contribution >= 0.6 is 0 Å². The van der Waals surface area contributed by atoms with Crippen LogP contribution in [0.3, 0.4) is 0 Å². The summed E-state index contributed by atoms with van der Waals surface area (Å²) < 4.78 is 0. The Hall–Kier alpha value is -1.84. The fraction of sp³-hybridized carbons (Fsp3) is 0.385. The third-order valence-electron chi connectivity index (χ3n) is 3.33. The number of hydrogen-bond acceptors (Lipinski definition) is 2. The SMILES string of the molecule is CC(=O)N1CCc2cc(C(=O)O)ccc2C1C. The fourth-order valence-electron chi connectivity index (χ4n) is 2.40. The van der Waals surface area contributed by atoms with Crippen molar-refractivity contribution in [2.24, 2.45) is 0 Å². The number of fused-ring (bicyclic) bond motifs is 1. The molecule has 1 unspecified atom stereocenters. The summed E-state index contributed by atoms with van der Waals surface area (Å²) >= 11 is 0. The third-order valence-corrected chi connectivity index (χ3v) is 3.33. The Morgan fingerprint density at radius 1 is 1.41 bits per heavy atom. The van der Waals surface area contributed by atoms with E-state index in [4.69, 9.17) is 5.11 Å². The number of carboxylic acid groups (broad SMARTS) is 1. The van der Waals surface area contributed by atoms with Gasteiger partial charge in [-0.15, -0.1) is 0 Å². The van der Waals surface area contributed by atoms with Crippen molar-refractivity contribution in [2.75, 3.05) is 6.54 Å². The molecule has 1 aromatic carbocycles. The molecule has 1 heterocycles. The van der Waals surface area contributed by atoms with Crippen molar-refractivity contribution in [3.63, 3.8) is 0 Å². The Labute approximate surface area is 99.9 Å². The molecule has 1 N–H and O–H groups in total. The maximum absolute atomic E-state index is 11.4. The van der Waals surface area contributed by atoms with Crippen molar-refractivity contribution >= 4 is 11.9 Å². The molecule has 1 aromatic rings. The van der Waals surface area contributed by atoms with Crippen molar-refractivity contribution in [2.45, 2.75) is 26.3 Å². The number of nitrogens with zero attached hydrogens (tertiary/aromatic N) is 1. The third kappa shape index (κ3) is 2.02. The van der Waals surface area contributed by atoms with Crippen molar-refractivity contribution in [1.29, 1.82) is 0 Å². The summed E-state index contributed by atoms with van der Waals surface area (Å²) in [6, 6.07) is 5.16. The number of carbonyl (C=O) groups is 2. The van der Waals surface area contributed by atoms with E-state index in [1.54, 1.807) is 19.1 Å². The fourth-order valence-corrected chi connectivity index (χ4v) is 2.40. The highest BCUT2D eigenvalue weighted by molar-refractivity contribution is 5.88. The zero-order chi connectivity index (χ0) is 12.6. The Morgan fingerprint density at radius 2 is 2.12 bits per heavy atom. The first-order valence-corrected chi connectivity index (χ1v) is 5.64. The number of carboxylic acids is 1. The van der Waals surface area contributed by atoms with Gasteiger partial charge in [0, 0.05) is 13.5 Å². The number of hydrogen-bond donors (Lipinski definition) is 1. The molecule has 0 fully saturated rings. The lowest BCUT2D eigenvalue weighted by Crippen LogP contribution is -2.37. The van der Waals surface area contributed by atoms with Crippen LogP contribution in [0.2, 0.25) is 0 Å². The Bertz CT molecular complexity index is 482. The molecule has 17 heavy (non-hydrogen) atoms. The quantitative estimate of drug-likeness (QED) is 0.805. The van der Waals surface area contributed by atoms with Crippen LogP contribution in [0.15, 0.2) is 18.2 Å². The standard InChI is InChI=1S/C13H15NO3/c1-8-12-4-3-11(13(16)17)7-10(12)5-6-14(8)9(2)15/h3-4,7-8H,5-6H2,1-2H3,(H,16,17). The van der Waals surface area contributed by atoms with Crippen molar-refractivity contribution in [3.05, 3.63) is 34.9 Å². The molecule has 0 bridgehead atoms. The monoisotopic (exact) mass is 233 g/mol. The summed E-state index contributed by atoms with van der Waals surface area (Å²) in [5, 5.41) is 8.93. The van der Waals surface area contributed by atoms with E-state index in [0.717, 1.165) is 17.5 Å². The van der Waals surface area contributed by atoms with Crippen LogP contribution in [0.4, 0.5) is 0 Å². The second-order valence-electron chi connectivity index (χ2n) is 4.36. The van der Waals surface area contributed by atoms with Crippen LogP contribution in [0.5, 0.6) is 0 Å². The lowest BCUT2D eigenvalue weighted by Gasteiger charge is -2.34. The molecule has 0 saturated heterocycles. The van der Waals surface area contributed by atoms with Gasteiger partial charge >= 0.3 is 5.97 Å². The molecular weight excluding hydrogens is 218 g/mol. The van der Waals surface area contributed by atoms with Gasteiger partial charge in [0.1, 0.15) is 0 Å². The Balaban J connectivity index is 2.38. The van der Waals surface area contributed by atoms with E-state index >= 15 is 0 Å². The molecule has 0 saturated carbocycles. The number of rotatable bonds is 1. The summed E-state index contributed by atoms with van der Waals surface area (Å²) in [6.45, 7) is 4.19. The first-order valence-electron chi connectivity index (χ1n) is 5.64. The molecule has 1 atom stereocenters. The van der Waals surface area contributed by atoms with E-state index in [1.807, 2.05) is 17.9 Å². The van der Waals surface area contributed by atoms with Crippen molar-refractivity contribution < 1.29 is 14.7 Å². The molecule has 1 aliphatic heterocycles. The maximum atomic E-state index is 11.4. The van der Waals surface area contributed by atoms with E-state index in [0.29, 0.717) is 12.1 Å². The molecule has 0 aliphatic carbocycles. The van der Waals surface area contributed by atoms with Gasteiger partial charge in [0.25, 0.3) is 0 Å². The van der Waals surface area contributed by atoms with Crippen LogP contribution < -0.4 is 0 Å². The van der Waals surface area contributed by atoms with Crippen molar-refractivity contribution in [1.82, 2.24) is 4.90 Å². The minimum Gasteiger partial charge on any atom is -0.478 e. The zero-order valence-corrected chi connectivity index (χ0v) is 9.93. The lowest BCUT2D eigenvalue weighted by atomic mass is 9.92. The smallest absolute Gasteiger partial charge is 0.335 e. The van der Waals surface area contributed by atoms with Gasteiger partial charge in [0.15, 0.2) is 0 Å². The second kappa shape index (κ2) is 4.20. The highest BCUT2D eigenvalue weighted by Crippen LogP contribution is 2.29. The molecule has 0 aromatic heterocycles. The van der Waals surface area contributed by atoms with Crippen molar-refractivity contribution in [3.8, 4) is 0 Å². The average Bonchev–Trinajstić information content (AvgIpc) is 2.28. The van der Waals surface area contributed by atoms with Crippen LogP contribution in [0.25, 0.3) is 0 Å². The van der Waals surface area contributed by atoms with Gasteiger partial charge in [-0.1, -0.05) is 6.07 Å². The van der Waals surface area contributed by atoms with Gasteiger partial charge in [0.2, 0.25) is 5.91 Å². The number of carbonyl (C=O) groups excluding carboxylic acids is 1. The highest BCUT2D eigenvalue weighted by Gasteiger charge is 2.25. The summed E-state index contributed by atoms with van der Waals surface area (Å²) in [4.78, 5) is 24.1. The number of aromatic carboxylic acids is 1. The van der Waals surface area contributed by atoms with Gasteiger partial charge in [-0.05, 0) is 36.6 Å². The minimum absolute atomic E-state index is 0.0269. The summed E-state index contributed by atoms with van der Waals surface area (Å²) in [5.74, 6) is -0.847. The molecule has 1 amide bonds. The molecule has 2 rings (SSSR count). The van der Waals surface area contributed by atoms with Crippen LogP contribution in [0, 0.1) is 0 Å². The molecule has 90 valence electrons. The first kappa shape index (κ1) is 11.6. The number of amides is 1. The Kier molecular flexibility index (Phi) is 2.88. The van der Waals surface area contributed by atoms with E-state index in [2.05, 4.69) is 0 Å².